The molecule has 58 valence electrons. The summed E-state index contributed by atoms with van der Waals surface area (Å²) >= 11 is 5.88. The molecule has 0 aliphatic carbocycles. The summed E-state index contributed by atoms with van der Waals surface area (Å²) in [6, 6.07) is 0. The van der Waals surface area contributed by atoms with Crippen LogP contribution in [0.5, 0.6) is 0 Å². The molecule has 1 rings (SSSR count). The predicted molar refractivity (Wildman–Crippen MR) is 42.0 cm³/mol. The Kier molecular flexibility index (Phi) is 3.03. The minimum absolute atomic E-state index is 0.796. The quantitative estimate of drug-likeness (QED) is 0.540. The molecule has 1 aliphatic heterocycles. The number of hydrogen-bond acceptors (Lipinski definition) is 2. The molecule has 0 atom stereocenters. The van der Waals surface area contributed by atoms with Crippen molar-refractivity contribution in [1.82, 2.24) is 4.90 Å². The maximum atomic E-state index is 5.88. The summed E-state index contributed by atoms with van der Waals surface area (Å²) < 4.78 is 5.17. The summed E-state index contributed by atoms with van der Waals surface area (Å²) in [6.07, 6.45) is 1.91. The first-order valence-corrected chi connectivity index (χ1v) is 3.87. The number of hydrogen-bond donors (Lipinski definition) is 0. The van der Waals surface area contributed by atoms with Crippen LogP contribution < -0.4 is 0 Å². The van der Waals surface area contributed by atoms with Crippen LogP contribution in [0.25, 0.3) is 0 Å². The van der Waals surface area contributed by atoms with E-state index < -0.39 is 0 Å². The number of ether oxygens (including phenoxy) is 1. The van der Waals surface area contributed by atoms with Gasteiger partial charge in [0.1, 0.15) is 5.16 Å². The molecule has 0 radical (unpaired) electrons. The van der Waals surface area contributed by atoms with Gasteiger partial charge in [0.25, 0.3) is 0 Å². The molecule has 0 aromatic heterocycles. The topological polar surface area (TPSA) is 12.5 Å². The van der Waals surface area contributed by atoms with E-state index in [1.807, 2.05) is 13.0 Å². The van der Waals surface area contributed by atoms with Crippen LogP contribution in [0.4, 0.5) is 0 Å². The van der Waals surface area contributed by atoms with E-state index in [0.29, 0.717) is 0 Å². The highest BCUT2D eigenvalue weighted by atomic mass is 35.5. The molecule has 0 aromatic rings. The molecular formula is C7H12ClNO. The second-order valence-corrected chi connectivity index (χ2v) is 2.60. The molecule has 3 heteroatoms. The largest absolute Gasteiger partial charge is 0.378 e. The molecule has 0 bridgehead atoms. The first-order valence-electron chi connectivity index (χ1n) is 3.49. The number of halogens is 1. The monoisotopic (exact) mass is 161 g/mol. The van der Waals surface area contributed by atoms with Crippen LogP contribution in [0.1, 0.15) is 6.92 Å². The molecule has 1 aliphatic rings. The van der Waals surface area contributed by atoms with Crippen molar-refractivity contribution in [1.29, 1.82) is 0 Å². The number of morpholine rings is 1. The number of nitrogens with zero attached hydrogens (tertiary/aromatic N) is 1. The van der Waals surface area contributed by atoms with E-state index in [0.717, 1.165) is 31.5 Å². The lowest BCUT2D eigenvalue weighted by Crippen LogP contribution is -2.34. The molecule has 10 heavy (non-hydrogen) atoms. The molecule has 0 unspecified atom stereocenters. The van der Waals surface area contributed by atoms with E-state index in [1.165, 1.54) is 0 Å². The normalized spacial score (nSPS) is 21.4. The molecule has 1 heterocycles. The van der Waals surface area contributed by atoms with Gasteiger partial charge in [-0.25, -0.2) is 0 Å². The maximum absolute atomic E-state index is 5.88. The Morgan fingerprint density at radius 3 is 2.60 bits per heavy atom. The average Bonchev–Trinajstić information content (AvgIpc) is 2.05. The number of allylic oxidation sites excluding steroid dienone is 1. The van der Waals surface area contributed by atoms with Crippen LogP contribution in [0.3, 0.4) is 0 Å². The van der Waals surface area contributed by atoms with Gasteiger partial charge >= 0.3 is 0 Å². The molecule has 1 saturated heterocycles. The van der Waals surface area contributed by atoms with Gasteiger partial charge in [-0.2, -0.15) is 0 Å². The summed E-state index contributed by atoms with van der Waals surface area (Å²) in [4.78, 5) is 2.12. The highest BCUT2D eigenvalue weighted by molar-refractivity contribution is 6.29. The summed E-state index contributed by atoms with van der Waals surface area (Å²) in [5, 5.41) is 0.836. The van der Waals surface area contributed by atoms with Gasteiger partial charge in [-0.3, -0.25) is 0 Å². The first-order chi connectivity index (χ1) is 4.84. The Morgan fingerprint density at radius 1 is 1.50 bits per heavy atom. The lowest BCUT2D eigenvalue weighted by molar-refractivity contribution is 0.0572. The van der Waals surface area contributed by atoms with E-state index in [4.69, 9.17) is 16.3 Å². The van der Waals surface area contributed by atoms with Gasteiger partial charge in [0.2, 0.25) is 0 Å². The van der Waals surface area contributed by atoms with Crippen LogP contribution >= 0.6 is 11.6 Å². The zero-order valence-electron chi connectivity index (χ0n) is 6.14. The van der Waals surface area contributed by atoms with Crippen molar-refractivity contribution < 1.29 is 4.74 Å². The number of rotatable bonds is 1. The molecule has 0 spiro atoms. The van der Waals surface area contributed by atoms with E-state index in [9.17, 15) is 0 Å². The molecule has 0 amide bonds. The van der Waals surface area contributed by atoms with Crippen molar-refractivity contribution in [3.8, 4) is 0 Å². The second-order valence-electron chi connectivity index (χ2n) is 2.21. The average molecular weight is 162 g/mol. The Bertz CT molecular complexity index is 130. The van der Waals surface area contributed by atoms with Crippen LogP contribution in [-0.4, -0.2) is 31.2 Å². The highest BCUT2D eigenvalue weighted by Crippen LogP contribution is 2.10. The predicted octanol–water partition coefficient (Wildman–Crippen LogP) is 1.42. The molecule has 0 N–H and O–H groups in total. The lowest BCUT2D eigenvalue weighted by Gasteiger charge is -2.27. The Hall–Kier alpha value is -0.210. The molecular weight excluding hydrogens is 150 g/mol. The first kappa shape index (κ1) is 7.89. The third kappa shape index (κ3) is 1.89. The van der Waals surface area contributed by atoms with E-state index in [2.05, 4.69) is 4.90 Å². The van der Waals surface area contributed by atoms with Crippen LogP contribution in [-0.2, 0) is 4.74 Å². The minimum Gasteiger partial charge on any atom is -0.378 e. The fourth-order valence-corrected chi connectivity index (χ4v) is 1.13. The summed E-state index contributed by atoms with van der Waals surface area (Å²) in [5.41, 5.74) is 0. The summed E-state index contributed by atoms with van der Waals surface area (Å²) in [6.45, 7) is 5.37. The Labute approximate surface area is 66.4 Å². The van der Waals surface area contributed by atoms with Gasteiger partial charge in [0, 0.05) is 13.1 Å². The molecule has 1 fully saturated rings. The van der Waals surface area contributed by atoms with Gasteiger partial charge in [-0.15, -0.1) is 0 Å². The van der Waals surface area contributed by atoms with Crippen LogP contribution in [0.2, 0.25) is 0 Å². The second kappa shape index (κ2) is 3.84. The zero-order valence-corrected chi connectivity index (χ0v) is 6.90. The van der Waals surface area contributed by atoms with Gasteiger partial charge in [0.05, 0.1) is 13.2 Å². The third-order valence-electron chi connectivity index (χ3n) is 1.55. The smallest absolute Gasteiger partial charge is 0.100 e. The van der Waals surface area contributed by atoms with Crippen molar-refractivity contribution >= 4 is 11.6 Å². The standard InChI is InChI=1S/C7H12ClNO/c1-2-7(8)9-3-5-10-6-4-9/h2H,3-6H2,1H3/b7-2-. The SMILES string of the molecule is C/C=C(/Cl)N1CCOCC1. The van der Waals surface area contributed by atoms with E-state index in [-0.39, 0.29) is 0 Å². The van der Waals surface area contributed by atoms with Crippen molar-refractivity contribution in [2.45, 2.75) is 6.92 Å². The molecule has 0 aromatic carbocycles. The third-order valence-corrected chi connectivity index (χ3v) is 2.01. The Balaban J connectivity index is 2.39. The zero-order chi connectivity index (χ0) is 7.40. The van der Waals surface area contributed by atoms with Gasteiger partial charge in [-0.05, 0) is 6.92 Å². The van der Waals surface area contributed by atoms with Crippen molar-refractivity contribution in [2.24, 2.45) is 0 Å². The van der Waals surface area contributed by atoms with Crippen LogP contribution in [0.15, 0.2) is 11.2 Å². The fourth-order valence-electron chi connectivity index (χ4n) is 0.960. The Morgan fingerprint density at radius 2 is 2.10 bits per heavy atom. The van der Waals surface area contributed by atoms with Gasteiger partial charge in [-0.1, -0.05) is 17.7 Å². The van der Waals surface area contributed by atoms with Gasteiger partial charge in [0.15, 0.2) is 0 Å². The maximum Gasteiger partial charge on any atom is 0.100 e. The highest BCUT2D eigenvalue weighted by Gasteiger charge is 2.10. The lowest BCUT2D eigenvalue weighted by atomic mass is 10.4. The molecule has 2 nitrogen and oxygen atoms in total. The van der Waals surface area contributed by atoms with Crippen molar-refractivity contribution in [3.63, 3.8) is 0 Å². The van der Waals surface area contributed by atoms with Crippen molar-refractivity contribution in [2.75, 3.05) is 26.3 Å². The van der Waals surface area contributed by atoms with Crippen LogP contribution in [0, 0.1) is 0 Å². The fraction of sp³-hybridized carbons (Fsp3) is 0.714. The summed E-state index contributed by atoms with van der Waals surface area (Å²) in [7, 11) is 0. The van der Waals surface area contributed by atoms with E-state index >= 15 is 0 Å². The molecule has 0 saturated carbocycles. The van der Waals surface area contributed by atoms with E-state index in [1.54, 1.807) is 0 Å². The minimum atomic E-state index is 0.796. The van der Waals surface area contributed by atoms with Gasteiger partial charge < -0.3 is 9.64 Å². The summed E-state index contributed by atoms with van der Waals surface area (Å²) in [5.74, 6) is 0. The van der Waals surface area contributed by atoms with Crippen molar-refractivity contribution in [3.05, 3.63) is 11.2 Å².